The Morgan fingerprint density at radius 2 is 2.10 bits per heavy atom. The second-order valence-electron chi connectivity index (χ2n) is 5.84. The maximum Gasteiger partial charge on any atom is 0.255 e. The lowest BCUT2D eigenvalue weighted by molar-refractivity contribution is 0.0931. The minimum Gasteiger partial charge on any atom is -0.496 e. The van der Waals surface area contributed by atoms with Gasteiger partial charge in [0.15, 0.2) is 0 Å². The van der Waals surface area contributed by atoms with Crippen molar-refractivity contribution in [2.24, 2.45) is 5.41 Å². The van der Waals surface area contributed by atoms with Gasteiger partial charge in [0.1, 0.15) is 5.75 Å². The number of ether oxygens (including phenoxy) is 1. The van der Waals surface area contributed by atoms with Crippen LogP contribution in [-0.2, 0) is 0 Å². The van der Waals surface area contributed by atoms with E-state index in [1.54, 1.807) is 7.11 Å². The highest BCUT2D eigenvalue weighted by atomic mass is 79.9. The Hall–Kier alpha value is -1.03. The number of methoxy groups -OCH3 is 1. The molecule has 0 atom stereocenters. The number of alkyl halides is 1. The van der Waals surface area contributed by atoms with Crippen LogP contribution in [0.4, 0.5) is 0 Å². The van der Waals surface area contributed by atoms with Crippen molar-refractivity contribution in [2.75, 3.05) is 19.0 Å². The molecule has 112 valence electrons. The molecule has 0 aliphatic heterocycles. The largest absolute Gasteiger partial charge is 0.496 e. The van der Waals surface area contributed by atoms with E-state index in [2.05, 4.69) is 35.1 Å². The molecule has 0 aromatic heterocycles. The summed E-state index contributed by atoms with van der Waals surface area (Å²) < 4.78 is 5.25. The number of benzene rings is 1. The van der Waals surface area contributed by atoms with Gasteiger partial charge < -0.3 is 10.1 Å². The molecule has 1 aromatic rings. The van der Waals surface area contributed by atoms with E-state index >= 15 is 0 Å². The fourth-order valence-electron chi connectivity index (χ4n) is 2.05. The van der Waals surface area contributed by atoms with E-state index in [9.17, 15) is 4.79 Å². The van der Waals surface area contributed by atoms with Crippen molar-refractivity contribution in [1.29, 1.82) is 0 Å². The number of carbonyl (C=O) groups is 1. The van der Waals surface area contributed by atoms with Gasteiger partial charge in [-0.2, -0.15) is 0 Å². The number of aryl methyl sites for hydroxylation is 1. The zero-order chi connectivity index (χ0) is 15.2. The lowest BCUT2D eigenvalue weighted by Crippen LogP contribution is -2.34. The van der Waals surface area contributed by atoms with Crippen molar-refractivity contribution < 1.29 is 9.53 Å². The Labute approximate surface area is 130 Å². The van der Waals surface area contributed by atoms with Crippen LogP contribution in [0.5, 0.6) is 5.75 Å². The summed E-state index contributed by atoms with van der Waals surface area (Å²) in [6.07, 6.45) is 2.18. The average molecular weight is 342 g/mol. The first-order chi connectivity index (χ1) is 9.39. The number of amides is 1. The molecule has 0 bridgehead atoms. The van der Waals surface area contributed by atoms with E-state index < -0.39 is 0 Å². The molecule has 1 rings (SSSR count). The van der Waals surface area contributed by atoms with Gasteiger partial charge in [0.2, 0.25) is 0 Å². The fraction of sp³-hybridized carbons (Fsp3) is 0.562. The molecule has 0 unspecified atom stereocenters. The van der Waals surface area contributed by atoms with E-state index in [4.69, 9.17) is 4.74 Å². The van der Waals surface area contributed by atoms with Gasteiger partial charge in [-0.15, -0.1) is 0 Å². The lowest BCUT2D eigenvalue weighted by Gasteiger charge is -2.24. The second kappa shape index (κ2) is 7.67. The number of halogens is 1. The number of hydrogen-bond acceptors (Lipinski definition) is 2. The first-order valence-electron chi connectivity index (χ1n) is 6.88. The van der Waals surface area contributed by atoms with Crippen LogP contribution >= 0.6 is 15.9 Å². The monoisotopic (exact) mass is 341 g/mol. The minimum atomic E-state index is -0.0718. The minimum absolute atomic E-state index is 0.0718. The van der Waals surface area contributed by atoms with Crippen LogP contribution in [0.3, 0.4) is 0 Å². The van der Waals surface area contributed by atoms with Crippen molar-refractivity contribution in [2.45, 2.75) is 33.6 Å². The SMILES string of the molecule is COc1ccc(C)cc1C(=O)NCC(C)(C)CCCBr. The van der Waals surface area contributed by atoms with Crippen LogP contribution in [-0.4, -0.2) is 24.9 Å². The Morgan fingerprint density at radius 1 is 1.40 bits per heavy atom. The van der Waals surface area contributed by atoms with Gasteiger partial charge in [-0.3, -0.25) is 4.79 Å². The Bertz CT molecular complexity index is 458. The quantitative estimate of drug-likeness (QED) is 0.763. The maximum atomic E-state index is 12.3. The van der Waals surface area contributed by atoms with Crippen LogP contribution in [0.2, 0.25) is 0 Å². The van der Waals surface area contributed by atoms with Gasteiger partial charge >= 0.3 is 0 Å². The third-order valence-corrected chi connectivity index (χ3v) is 3.88. The predicted octanol–water partition coefficient (Wildman–Crippen LogP) is 3.93. The molecule has 20 heavy (non-hydrogen) atoms. The van der Waals surface area contributed by atoms with Gasteiger partial charge in [0, 0.05) is 11.9 Å². The summed E-state index contributed by atoms with van der Waals surface area (Å²) in [5.41, 5.74) is 1.75. The van der Waals surface area contributed by atoms with Gasteiger partial charge in [0.05, 0.1) is 12.7 Å². The van der Waals surface area contributed by atoms with Crippen molar-refractivity contribution in [3.8, 4) is 5.75 Å². The number of rotatable bonds is 7. The number of nitrogens with one attached hydrogen (secondary N) is 1. The van der Waals surface area contributed by atoms with Crippen LogP contribution < -0.4 is 10.1 Å². The lowest BCUT2D eigenvalue weighted by atomic mass is 9.88. The van der Waals surface area contributed by atoms with Gasteiger partial charge in [-0.1, -0.05) is 41.4 Å². The zero-order valence-corrected chi connectivity index (χ0v) is 14.3. The van der Waals surface area contributed by atoms with Crippen LogP contribution in [0.1, 0.15) is 42.6 Å². The van der Waals surface area contributed by atoms with Crippen molar-refractivity contribution in [3.05, 3.63) is 29.3 Å². The van der Waals surface area contributed by atoms with E-state index in [0.717, 1.165) is 23.7 Å². The van der Waals surface area contributed by atoms with Gasteiger partial charge in [-0.25, -0.2) is 0 Å². The topological polar surface area (TPSA) is 38.3 Å². The molecule has 0 radical (unpaired) electrons. The molecule has 0 aliphatic rings. The molecule has 0 saturated heterocycles. The van der Waals surface area contributed by atoms with Crippen molar-refractivity contribution in [3.63, 3.8) is 0 Å². The second-order valence-corrected chi connectivity index (χ2v) is 6.64. The Balaban J connectivity index is 2.69. The molecule has 0 fully saturated rings. The predicted molar refractivity (Wildman–Crippen MR) is 86.9 cm³/mol. The summed E-state index contributed by atoms with van der Waals surface area (Å²) in [6, 6.07) is 5.63. The molecule has 4 heteroatoms. The summed E-state index contributed by atoms with van der Waals surface area (Å²) in [4.78, 5) is 12.3. The number of carbonyl (C=O) groups excluding carboxylic acids is 1. The first kappa shape index (κ1) is 17.0. The zero-order valence-electron chi connectivity index (χ0n) is 12.8. The highest BCUT2D eigenvalue weighted by Gasteiger charge is 2.20. The van der Waals surface area contributed by atoms with E-state index in [1.165, 1.54) is 0 Å². The summed E-state index contributed by atoms with van der Waals surface area (Å²) in [5, 5.41) is 4.01. The summed E-state index contributed by atoms with van der Waals surface area (Å²) >= 11 is 3.44. The molecule has 0 spiro atoms. The Morgan fingerprint density at radius 3 is 2.70 bits per heavy atom. The smallest absolute Gasteiger partial charge is 0.255 e. The molecular formula is C16H24BrNO2. The highest BCUT2D eigenvalue weighted by Crippen LogP contribution is 2.23. The van der Waals surface area contributed by atoms with E-state index in [0.29, 0.717) is 17.9 Å². The number of hydrogen-bond donors (Lipinski definition) is 1. The van der Waals surface area contributed by atoms with Gasteiger partial charge in [-0.05, 0) is 37.3 Å². The highest BCUT2D eigenvalue weighted by molar-refractivity contribution is 9.09. The molecule has 0 saturated carbocycles. The van der Waals surface area contributed by atoms with Crippen molar-refractivity contribution >= 4 is 21.8 Å². The Kier molecular flexibility index (Phi) is 6.53. The van der Waals surface area contributed by atoms with E-state index in [1.807, 2.05) is 25.1 Å². The molecule has 1 N–H and O–H groups in total. The van der Waals surface area contributed by atoms with Crippen LogP contribution in [0.25, 0.3) is 0 Å². The molecule has 3 nitrogen and oxygen atoms in total. The summed E-state index contributed by atoms with van der Waals surface area (Å²) in [5.74, 6) is 0.545. The third kappa shape index (κ3) is 5.16. The third-order valence-electron chi connectivity index (χ3n) is 3.31. The molecule has 1 aromatic carbocycles. The fourth-order valence-corrected chi connectivity index (χ4v) is 2.33. The molecule has 1 amide bonds. The summed E-state index contributed by atoms with van der Waals surface area (Å²) in [7, 11) is 1.58. The van der Waals surface area contributed by atoms with E-state index in [-0.39, 0.29) is 11.3 Å². The molecule has 0 heterocycles. The molecular weight excluding hydrogens is 318 g/mol. The normalized spacial score (nSPS) is 11.2. The van der Waals surface area contributed by atoms with Crippen molar-refractivity contribution in [1.82, 2.24) is 5.32 Å². The van der Waals surface area contributed by atoms with Crippen LogP contribution in [0, 0.1) is 12.3 Å². The standard InChI is InChI=1S/C16H24BrNO2/c1-12-6-7-14(20-4)13(10-12)15(19)18-11-16(2,3)8-5-9-17/h6-7,10H,5,8-9,11H2,1-4H3,(H,18,19). The van der Waals surface area contributed by atoms with Crippen LogP contribution in [0.15, 0.2) is 18.2 Å². The molecule has 0 aliphatic carbocycles. The maximum absolute atomic E-state index is 12.3. The summed E-state index contributed by atoms with van der Waals surface area (Å²) in [6.45, 7) is 6.97. The average Bonchev–Trinajstić information content (AvgIpc) is 2.42. The first-order valence-corrected chi connectivity index (χ1v) is 8.00. The van der Waals surface area contributed by atoms with Gasteiger partial charge in [0.25, 0.3) is 5.91 Å².